The molecule has 0 amide bonds. The summed E-state index contributed by atoms with van der Waals surface area (Å²) in [6, 6.07) is 19.9. The summed E-state index contributed by atoms with van der Waals surface area (Å²) in [6.07, 6.45) is 3.40. The first kappa shape index (κ1) is 14.9. The van der Waals surface area contributed by atoms with Crippen molar-refractivity contribution in [1.82, 2.24) is 4.98 Å². The predicted octanol–water partition coefficient (Wildman–Crippen LogP) is 4.70. The maximum atomic E-state index is 13.2. The van der Waals surface area contributed by atoms with E-state index in [9.17, 15) is 4.39 Å². The minimum atomic E-state index is -0.272. The molecule has 0 saturated carbocycles. The van der Waals surface area contributed by atoms with Gasteiger partial charge in [0.2, 0.25) is 0 Å². The smallest absolute Gasteiger partial charge is 0.123 e. The van der Waals surface area contributed by atoms with Crippen LogP contribution in [0, 0.1) is 12.7 Å². The van der Waals surface area contributed by atoms with Crippen LogP contribution in [0.2, 0.25) is 0 Å². The molecule has 0 aliphatic heterocycles. The zero-order valence-electron chi connectivity index (χ0n) is 12.7. The Bertz CT molecular complexity index is 736. The number of nitrogens with zero attached hydrogens (tertiary/aromatic N) is 3. The molecule has 0 spiro atoms. The minimum Gasteiger partial charge on any atom is -0.255 e. The standard InChI is InChI=1S/C19H16FN3/c1-15-5-9-18(10-6-15)23(19-11-7-16(20)8-12-19)22-14-17-4-2-3-13-21-17/h2-14H,1H3/b22-14+. The summed E-state index contributed by atoms with van der Waals surface area (Å²) in [4.78, 5) is 4.23. The van der Waals surface area contributed by atoms with E-state index in [-0.39, 0.29) is 5.82 Å². The fourth-order valence-electron chi connectivity index (χ4n) is 2.12. The molecule has 0 aliphatic carbocycles. The Morgan fingerprint density at radius 2 is 1.57 bits per heavy atom. The third-order valence-corrected chi connectivity index (χ3v) is 3.34. The van der Waals surface area contributed by atoms with Crippen LogP contribution in [0.3, 0.4) is 0 Å². The van der Waals surface area contributed by atoms with Gasteiger partial charge in [0, 0.05) is 6.20 Å². The number of halogens is 1. The van der Waals surface area contributed by atoms with Crippen LogP contribution in [-0.2, 0) is 0 Å². The van der Waals surface area contributed by atoms with Crippen LogP contribution in [0.4, 0.5) is 15.8 Å². The van der Waals surface area contributed by atoms with Gasteiger partial charge in [-0.3, -0.25) is 4.98 Å². The lowest BCUT2D eigenvalue weighted by atomic mass is 10.2. The summed E-state index contributed by atoms with van der Waals surface area (Å²) < 4.78 is 13.2. The van der Waals surface area contributed by atoms with Gasteiger partial charge in [-0.1, -0.05) is 23.8 Å². The third kappa shape index (κ3) is 3.80. The quantitative estimate of drug-likeness (QED) is 0.516. The SMILES string of the molecule is Cc1ccc(N(/N=C/c2ccccn2)c2ccc(F)cc2)cc1. The Morgan fingerprint density at radius 3 is 2.17 bits per heavy atom. The molecule has 0 atom stereocenters. The number of aromatic nitrogens is 1. The van der Waals surface area contributed by atoms with Gasteiger partial charge >= 0.3 is 0 Å². The molecule has 3 rings (SSSR count). The van der Waals surface area contributed by atoms with Crippen LogP contribution in [0.15, 0.2) is 78.0 Å². The van der Waals surface area contributed by atoms with Crippen LogP contribution >= 0.6 is 0 Å². The highest BCUT2D eigenvalue weighted by Crippen LogP contribution is 2.26. The first-order chi connectivity index (χ1) is 11.2. The van der Waals surface area contributed by atoms with Crippen molar-refractivity contribution < 1.29 is 4.39 Å². The van der Waals surface area contributed by atoms with E-state index in [1.54, 1.807) is 29.6 Å². The fourth-order valence-corrected chi connectivity index (χ4v) is 2.12. The van der Waals surface area contributed by atoms with E-state index in [0.29, 0.717) is 0 Å². The second-order valence-corrected chi connectivity index (χ2v) is 5.12. The number of benzene rings is 2. The largest absolute Gasteiger partial charge is 0.255 e. The van der Waals surface area contributed by atoms with E-state index >= 15 is 0 Å². The summed E-state index contributed by atoms with van der Waals surface area (Å²) in [5.41, 5.74) is 3.60. The van der Waals surface area contributed by atoms with Gasteiger partial charge in [-0.05, 0) is 55.5 Å². The van der Waals surface area contributed by atoms with Gasteiger partial charge in [0.05, 0.1) is 23.3 Å². The number of hydrogen-bond donors (Lipinski definition) is 0. The van der Waals surface area contributed by atoms with Gasteiger partial charge in [0.25, 0.3) is 0 Å². The molecule has 0 saturated heterocycles. The maximum Gasteiger partial charge on any atom is 0.123 e. The molecule has 4 heteroatoms. The van der Waals surface area contributed by atoms with E-state index in [1.807, 2.05) is 49.4 Å². The van der Waals surface area contributed by atoms with Gasteiger partial charge < -0.3 is 0 Å². The highest BCUT2D eigenvalue weighted by Gasteiger charge is 2.08. The van der Waals surface area contributed by atoms with E-state index in [4.69, 9.17) is 0 Å². The van der Waals surface area contributed by atoms with E-state index in [2.05, 4.69) is 10.1 Å². The summed E-state index contributed by atoms with van der Waals surface area (Å²) in [7, 11) is 0. The summed E-state index contributed by atoms with van der Waals surface area (Å²) in [5.74, 6) is -0.272. The average molecular weight is 305 g/mol. The molecule has 0 unspecified atom stereocenters. The van der Waals surface area contributed by atoms with E-state index < -0.39 is 0 Å². The van der Waals surface area contributed by atoms with Crippen LogP contribution in [0.1, 0.15) is 11.3 Å². The molecule has 0 aliphatic rings. The lowest BCUT2D eigenvalue weighted by Crippen LogP contribution is -2.09. The fraction of sp³-hybridized carbons (Fsp3) is 0.0526. The van der Waals surface area contributed by atoms with Gasteiger partial charge in [0.15, 0.2) is 0 Å². The average Bonchev–Trinajstić information content (AvgIpc) is 2.59. The molecular weight excluding hydrogens is 289 g/mol. The highest BCUT2D eigenvalue weighted by molar-refractivity contribution is 5.79. The van der Waals surface area contributed by atoms with E-state index in [0.717, 1.165) is 17.1 Å². The molecule has 1 aromatic heterocycles. The number of aryl methyl sites for hydroxylation is 1. The van der Waals surface area contributed by atoms with Gasteiger partial charge in [0.1, 0.15) is 5.82 Å². The zero-order chi connectivity index (χ0) is 16.1. The normalized spacial score (nSPS) is 10.9. The molecule has 3 aromatic rings. The lowest BCUT2D eigenvalue weighted by Gasteiger charge is -2.19. The van der Waals surface area contributed by atoms with Crippen LogP contribution in [-0.4, -0.2) is 11.2 Å². The summed E-state index contributed by atoms with van der Waals surface area (Å²) >= 11 is 0. The van der Waals surface area contributed by atoms with Crippen molar-refractivity contribution in [2.24, 2.45) is 5.10 Å². The Kier molecular flexibility index (Phi) is 4.43. The Balaban J connectivity index is 1.97. The molecule has 0 fully saturated rings. The van der Waals surface area contributed by atoms with Gasteiger partial charge in [-0.25, -0.2) is 9.40 Å². The highest BCUT2D eigenvalue weighted by atomic mass is 19.1. The number of anilines is 2. The number of pyridine rings is 1. The number of rotatable bonds is 4. The number of hydrazone groups is 1. The number of hydrogen-bond acceptors (Lipinski definition) is 3. The third-order valence-electron chi connectivity index (χ3n) is 3.34. The van der Waals surface area contributed by atoms with Crippen molar-refractivity contribution in [2.75, 3.05) is 5.01 Å². The molecule has 1 heterocycles. The predicted molar refractivity (Wildman–Crippen MR) is 91.5 cm³/mol. The lowest BCUT2D eigenvalue weighted by molar-refractivity contribution is 0.628. The van der Waals surface area contributed by atoms with Crippen molar-refractivity contribution in [2.45, 2.75) is 6.92 Å². The molecule has 0 radical (unpaired) electrons. The summed E-state index contributed by atoms with van der Waals surface area (Å²) in [5, 5.41) is 6.27. The van der Waals surface area contributed by atoms with Gasteiger partial charge in [-0.15, -0.1) is 0 Å². The van der Waals surface area contributed by atoms with Crippen molar-refractivity contribution in [3.8, 4) is 0 Å². The minimum absolute atomic E-state index is 0.272. The van der Waals surface area contributed by atoms with Crippen LogP contribution < -0.4 is 5.01 Å². The molecule has 114 valence electrons. The molecule has 3 nitrogen and oxygen atoms in total. The zero-order valence-corrected chi connectivity index (χ0v) is 12.7. The first-order valence-corrected chi connectivity index (χ1v) is 7.30. The molecule has 23 heavy (non-hydrogen) atoms. The topological polar surface area (TPSA) is 28.5 Å². The van der Waals surface area contributed by atoms with E-state index in [1.165, 1.54) is 17.7 Å². The first-order valence-electron chi connectivity index (χ1n) is 7.30. The van der Waals surface area contributed by atoms with Crippen molar-refractivity contribution in [3.05, 3.63) is 90.0 Å². The molecule has 0 N–H and O–H groups in total. The molecular formula is C19H16FN3. The Hall–Kier alpha value is -3.01. The second kappa shape index (κ2) is 6.83. The Morgan fingerprint density at radius 1 is 0.913 bits per heavy atom. The van der Waals surface area contributed by atoms with Crippen molar-refractivity contribution in [1.29, 1.82) is 0 Å². The molecule has 0 bridgehead atoms. The monoisotopic (exact) mass is 305 g/mol. The maximum absolute atomic E-state index is 13.2. The van der Waals surface area contributed by atoms with Crippen molar-refractivity contribution >= 4 is 17.6 Å². The van der Waals surface area contributed by atoms with Crippen LogP contribution in [0.5, 0.6) is 0 Å². The van der Waals surface area contributed by atoms with Crippen LogP contribution in [0.25, 0.3) is 0 Å². The second-order valence-electron chi connectivity index (χ2n) is 5.12. The Labute approximate surface area is 134 Å². The molecule has 2 aromatic carbocycles. The van der Waals surface area contributed by atoms with Gasteiger partial charge in [-0.2, -0.15) is 5.10 Å². The summed E-state index contributed by atoms with van der Waals surface area (Å²) in [6.45, 7) is 2.03. The van der Waals surface area contributed by atoms with Crippen molar-refractivity contribution in [3.63, 3.8) is 0 Å².